The van der Waals surface area contributed by atoms with Crippen molar-refractivity contribution in [2.24, 2.45) is 5.92 Å². The largest absolute Gasteiger partial charge is 0.486 e. The predicted octanol–water partition coefficient (Wildman–Crippen LogP) is 5.46. The zero-order valence-corrected chi connectivity index (χ0v) is 21.1. The maximum absolute atomic E-state index is 13.3. The Balaban J connectivity index is 1.37. The van der Waals surface area contributed by atoms with Crippen LogP contribution in [-0.2, 0) is 30.8 Å². The van der Waals surface area contributed by atoms with E-state index >= 15 is 0 Å². The van der Waals surface area contributed by atoms with Crippen molar-refractivity contribution in [2.75, 3.05) is 11.1 Å². The van der Waals surface area contributed by atoms with Crippen LogP contribution in [0.4, 0.5) is 9.39 Å². The molecule has 0 aliphatic heterocycles. The van der Waals surface area contributed by atoms with Gasteiger partial charge in [0.15, 0.2) is 11.0 Å². The number of fused-ring (bicyclic) bond motifs is 1. The molecule has 0 fully saturated rings. The predicted molar refractivity (Wildman–Crippen MR) is 131 cm³/mol. The second-order valence-corrected chi connectivity index (χ2v) is 10.5. The molecule has 0 saturated carbocycles. The second kappa shape index (κ2) is 10.8. The van der Waals surface area contributed by atoms with Crippen molar-refractivity contribution >= 4 is 45.6 Å². The number of thioether (sulfide) groups is 1. The van der Waals surface area contributed by atoms with Gasteiger partial charge in [-0.1, -0.05) is 30.3 Å². The maximum atomic E-state index is 13.3. The molecule has 0 spiro atoms. The molecule has 1 aromatic carbocycles. The first-order chi connectivity index (χ1) is 16.4. The van der Waals surface area contributed by atoms with Crippen LogP contribution in [0.1, 0.15) is 42.1 Å². The average Bonchev–Trinajstić information content (AvgIpc) is 3.37. The molecule has 0 saturated heterocycles. The van der Waals surface area contributed by atoms with E-state index in [0.717, 1.165) is 24.8 Å². The van der Waals surface area contributed by atoms with Crippen molar-refractivity contribution in [1.29, 1.82) is 5.26 Å². The highest BCUT2D eigenvalue weighted by atomic mass is 35.5. The summed E-state index contributed by atoms with van der Waals surface area (Å²) < 4.78 is 20.8. The van der Waals surface area contributed by atoms with E-state index in [1.165, 1.54) is 46.2 Å². The van der Waals surface area contributed by atoms with Gasteiger partial charge in [-0.2, -0.15) is 5.26 Å². The van der Waals surface area contributed by atoms with Gasteiger partial charge in [-0.3, -0.25) is 4.79 Å². The molecule has 1 amide bonds. The molecule has 34 heavy (non-hydrogen) atoms. The normalized spacial score (nSPS) is 15.0. The molecule has 2 aromatic heterocycles. The Morgan fingerprint density at radius 2 is 2.29 bits per heavy atom. The van der Waals surface area contributed by atoms with Crippen LogP contribution in [-0.4, -0.2) is 26.4 Å². The van der Waals surface area contributed by atoms with Gasteiger partial charge in [0.1, 0.15) is 29.2 Å². The number of anilines is 1. The molecule has 3 aromatic rings. The monoisotopic (exact) mass is 519 g/mol. The maximum Gasteiger partial charge on any atom is 0.235 e. The van der Waals surface area contributed by atoms with Gasteiger partial charge in [0.05, 0.1) is 16.3 Å². The first-order valence-corrected chi connectivity index (χ1v) is 13.0. The summed E-state index contributed by atoms with van der Waals surface area (Å²) in [6.07, 6.45) is 2.90. The third-order valence-corrected chi connectivity index (χ3v) is 8.00. The summed E-state index contributed by atoms with van der Waals surface area (Å²) in [6, 6.07) is 6.41. The lowest BCUT2D eigenvalue weighted by Crippen LogP contribution is -2.15. The Kier molecular flexibility index (Phi) is 7.76. The van der Waals surface area contributed by atoms with E-state index in [4.69, 9.17) is 16.3 Å². The number of carbonyl (C=O) groups excluding carboxylic acids is 1. The van der Waals surface area contributed by atoms with Gasteiger partial charge < -0.3 is 14.6 Å². The number of benzene rings is 1. The van der Waals surface area contributed by atoms with Gasteiger partial charge in [-0.25, -0.2) is 4.39 Å². The summed E-state index contributed by atoms with van der Waals surface area (Å²) in [5.74, 6) is 1.02. The van der Waals surface area contributed by atoms with Gasteiger partial charge in [0.2, 0.25) is 5.91 Å². The zero-order chi connectivity index (χ0) is 24.2. The van der Waals surface area contributed by atoms with Crippen LogP contribution in [0.5, 0.6) is 5.75 Å². The number of nitrogens with one attached hydrogen (secondary N) is 1. The molecule has 1 aliphatic carbocycles. The molecule has 7 nitrogen and oxygen atoms in total. The summed E-state index contributed by atoms with van der Waals surface area (Å²) in [5, 5.41) is 22.1. The number of aromatic nitrogens is 3. The third kappa shape index (κ3) is 5.37. The van der Waals surface area contributed by atoms with E-state index in [1.54, 1.807) is 0 Å². The van der Waals surface area contributed by atoms with Crippen molar-refractivity contribution in [2.45, 2.75) is 51.4 Å². The van der Waals surface area contributed by atoms with Crippen LogP contribution in [0, 0.1) is 23.1 Å². The Bertz CT molecular complexity index is 1250. The molecule has 1 atom stereocenters. The van der Waals surface area contributed by atoms with Crippen molar-refractivity contribution in [3.63, 3.8) is 0 Å². The highest BCUT2D eigenvalue weighted by Gasteiger charge is 2.25. The number of nitriles is 1. The fourth-order valence-corrected chi connectivity index (χ4v) is 6.18. The number of ether oxygens (including phenoxy) is 1. The van der Waals surface area contributed by atoms with Crippen LogP contribution >= 0.6 is 34.7 Å². The minimum atomic E-state index is -0.512. The third-order valence-electron chi connectivity index (χ3n) is 5.58. The molecule has 11 heteroatoms. The molecular weight excluding hydrogens is 497 g/mol. The van der Waals surface area contributed by atoms with E-state index in [-0.39, 0.29) is 23.3 Å². The fraction of sp³-hybridized carbons (Fsp3) is 0.391. The fourth-order valence-electron chi connectivity index (χ4n) is 3.81. The topological polar surface area (TPSA) is 92.8 Å². The highest BCUT2D eigenvalue weighted by Crippen LogP contribution is 2.39. The number of halogens is 2. The standard InChI is InChI=1S/C23H23ClFN5O2S2/c1-3-30-20(11-32-14-5-7-18(25)17(24)9-14)28-29-23(30)33-12-21(31)27-22-16(10-26)15-6-4-13(2)8-19(15)34-22/h5,7,9,13H,3-4,6,8,11-12H2,1-2H3,(H,27,31). The van der Waals surface area contributed by atoms with Gasteiger partial charge in [-0.05, 0) is 49.8 Å². The Morgan fingerprint density at radius 1 is 1.47 bits per heavy atom. The Hall–Kier alpha value is -2.61. The molecular formula is C23H23ClFN5O2S2. The summed E-state index contributed by atoms with van der Waals surface area (Å²) in [6.45, 7) is 4.87. The van der Waals surface area contributed by atoms with Crippen molar-refractivity contribution < 1.29 is 13.9 Å². The van der Waals surface area contributed by atoms with Crippen LogP contribution < -0.4 is 10.1 Å². The lowest BCUT2D eigenvalue weighted by atomic mass is 9.89. The van der Waals surface area contributed by atoms with Crippen LogP contribution in [0.2, 0.25) is 5.02 Å². The number of hydrogen-bond donors (Lipinski definition) is 1. The molecule has 2 heterocycles. The minimum absolute atomic E-state index is 0.0163. The molecule has 1 unspecified atom stereocenters. The van der Waals surface area contributed by atoms with Crippen molar-refractivity contribution in [1.82, 2.24) is 14.8 Å². The molecule has 1 N–H and O–H groups in total. The van der Waals surface area contributed by atoms with Crippen molar-refractivity contribution in [3.05, 3.63) is 50.9 Å². The summed E-state index contributed by atoms with van der Waals surface area (Å²) in [7, 11) is 0. The van der Waals surface area contributed by atoms with Gasteiger partial charge in [0.25, 0.3) is 0 Å². The molecule has 178 valence electrons. The number of amides is 1. The molecule has 0 radical (unpaired) electrons. The molecule has 0 bridgehead atoms. The van der Waals surface area contributed by atoms with Crippen LogP contribution in [0.15, 0.2) is 23.4 Å². The smallest absolute Gasteiger partial charge is 0.235 e. The highest BCUT2D eigenvalue weighted by molar-refractivity contribution is 7.99. The SMILES string of the molecule is CCn1c(COc2ccc(F)c(Cl)c2)nnc1SCC(=O)Nc1sc2c(c1C#N)CCC(C)C2. The van der Waals surface area contributed by atoms with Gasteiger partial charge >= 0.3 is 0 Å². The van der Waals surface area contributed by atoms with Gasteiger partial charge in [-0.15, -0.1) is 21.5 Å². The molecule has 4 rings (SSSR count). The van der Waals surface area contributed by atoms with E-state index in [1.807, 2.05) is 11.5 Å². The average molecular weight is 520 g/mol. The van der Waals surface area contributed by atoms with Gasteiger partial charge in [0, 0.05) is 17.5 Å². The summed E-state index contributed by atoms with van der Waals surface area (Å²) in [4.78, 5) is 13.9. The van der Waals surface area contributed by atoms with E-state index in [0.29, 0.717) is 39.8 Å². The number of thiophene rings is 1. The lowest BCUT2D eigenvalue weighted by molar-refractivity contribution is -0.113. The lowest BCUT2D eigenvalue weighted by Gasteiger charge is -2.17. The van der Waals surface area contributed by atoms with E-state index in [9.17, 15) is 14.4 Å². The quantitative estimate of drug-likeness (QED) is 0.397. The number of hydrogen-bond acceptors (Lipinski definition) is 7. The van der Waals surface area contributed by atoms with Crippen LogP contribution in [0.25, 0.3) is 0 Å². The van der Waals surface area contributed by atoms with E-state index in [2.05, 4.69) is 28.5 Å². The summed E-state index contributed by atoms with van der Waals surface area (Å²) >= 11 is 8.58. The first kappa shape index (κ1) is 24.5. The van der Waals surface area contributed by atoms with Crippen molar-refractivity contribution in [3.8, 4) is 11.8 Å². The Labute approximate surface area is 210 Å². The van der Waals surface area contributed by atoms with Crippen LogP contribution in [0.3, 0.4) is 0 Å². The number of carbonyl (C=O) groups is 1. The molecule has 1 aliphatic rings. The number of nitrogens with zero attached hydrogens (tertiary/aromatic N) is 4. The second-order valence-electron chi connectivity index (χ2n) is 8.01. The minimum Gasteiger partial charge on any atom is -0.486 e. The first-order valence-electron chi connectivity index (χ1n) is 10.9. The number of rotatable bonds is 8. The Morgan fingerprint density at radius 3 is 3.03 bits per heavy atom. The summed E-state index contributed by atoms with van der Waals surface area (Å²) in [5.41, 5.74) is 1.69. The zero-order valence-electron chi connectivity index (χ0n) is 18.7. The van der Waals surface area contributed by atoms with E-state index < -0.39 is 5.82 Å².